The largest absolute Gasteiger partial charge is 0.293 e. The molecule has 1 aromatic rings. The lowest BCUT2D eigenvalue weighted by molar-refractivity contribution is -0.385. The van der Waals surface area contributed by atoms with Gasteiger partial charge >= 0.3 is 0 Å². The first-order valence-electron chi connectivity index (χ1n) is 3.90. The molecule has 0 atom stereocenters. The first-order chi connectivity index (χ1) is 6.56. The summed E-state index contributed by atoms with van der Waals surface area (Å²) in [5, 5.41) is 10.5. The first kappa shape index (κ1) is 10.7. The maximum Gasteiger partial charge on any atom is 0.273 e. The molecule has 5 heteroatoms. The molecule has 0 saturated carbocycles. The molecule has 0 aromatic heterocycles. The summed E-state index contributed by atoms with van der Waals surface area (Å²) in [6.07, 6.45) is 0. The zero-order chi connectivity index (χ0) is 10.7. The molecule has 0 unspecified atom stereocenters. The van der Waals surface area contributed by atoms with Gasteiger partial charge < -0.3 is 0 Å². The van der Waals surface area contributed by atoms with Crippen molar-refractivity contribution in [3.05, 3.63) is 39.4 Å². The molecule has 0 heterocycles. The number of Topliss-reactive ketones (excluding diaryl/α,β-unsaturated/α-hetero) is 1. The number of ketones is 1. The molecule has 4 nitrogen and oxygen atoms in total. The maximum absolute atomic E-state index is 11.1. The topological polar surface area (TPSA) is 60.2 Å². The molecule has 0 fully saturated rings. The predicted octanol–water partition coefficient (Wildman–Crippen LogP) is 2.32. The third-order valence-corrected chi connectivity index (χ3v) is 2.09. The number of benzene rings is 1. The van der Waals surface area contributed by atoms with Gasteiger partial charge in [0.25, 0.3) is 5.69 Å². The van der Waals surface area contributed by atoms with E-state index in [1.165, 1.54) is 18.2 Å². The summed E-state index contributed by atoms with van der Waals surface area (Å²) in [5.41, 5.74) is 0.749. The zero-order valence-electron chi connectivity index (χ0n) is 7.49. The van der Waals surface area contributed by atoms with Crippen LogP contribution in [0.2, 0.25) is 0 Å². The second-order valence-electron chi connectivity index (χ2n) is 2.82. The highest BCUT2D eigenvalue weighted by Crippen LogP contribution is 2.19. The summed E-state index contributed by atoms with van der Waals surface area (Å²) in [6.45, 7) is 1.62. The van der Waals surface area contributed by atoms with Crippen LogP contribution in [0.25, 0.3) is 0 Å². The van der Waals surface area contributed by atoms with Gasteiger partial charge in [-0.2, -0.15) is 0 Å². The summed E-state index contributed by atoms with van der Waals surface area (Å²) in [5.74, 6) is -0.477. The second-order valence-corrected chi connectivity index (χ2v) is 3.08. The lowest BCUT2D eigenvalue weighted by atomic mass is 10.1. The van der Waals surface area contributed by atoms with Crippen molar-refractivity contribution in [2.24, 2.45) is 0 Å². The van der Waals surface area contributed by atoms with Crippen molar-refractivity contribution in [3.8, 4) is 0 Å². The number of nitro groups is 1. The van der Waals surface area contributed by atoms with Crippen molar-refractivity contribution in [3.63, 3.8) is 0 Å². The first-order valence-corrected chi connectivity index (χ1v) is 4.44. The van der Waals surface area contributed by atoms with E-state index >= 15 is 0 Å². The second kappa shape index (κ2) is 4.19. The van der Waals surface area contributed by atoms with Gasteiger partial charge in [-0.25, -0.2) is 0 Å². The normalized spacial score (nSPS) is 9.86. The third kappa shape index (κ3) is 2.09. The van der Waals surface area contributed by atoms with Gasteiger partial charge in [0, 0.05) is 17.2 Å². The Kier molecular flexibility index (Phi) is 3.19. The van der Waals surface area contributed by atoms with Crippen LogP contribution in [-0.2, 0) is 0 Å². The zero-order valence-corrected chi connectivity index (χ0v) is 8.25. The highest BCUT2D eigenvalue weighted by Gasteiger charge is 2.13. The molecule has 0 saturated heterocycles. The third-order valence-electron chi connectivity index (χ3n) is 1.85. The molecule has 1 rings (SSSR count). The Morgan fingerprint density at radius 2 is 2.21 bits per heavy atom. The summed E-state index contributed by atoms with van der Waals surface area (Å²) >= 11 is 5.34. The number of carbonyl (C=O) groups excluding carboxylic acids is 1. The molecule has 0 spiro atoms. The van der Waals surface area contributed by atoms with E-state index in [1.54, 1.807) is 6.92 Å². The standard InChI is InChI=1S/C9H8ClNO3/c1-6-2-3-7(9(12)5-10)4-8(6)11(13)14/h2-4H,5H2,1H3. The summed E-state index contributed by atoms with van der Waals surface area (Å²) in [6, 6.07) is 4.32. The maximum atomic E-state index is 11.1. The van der Waals surface area contributed by atoms with Crippen LogP contribution in [0.5, 0.6) is 0 Å². The average molecular weight is 214 g/mol. The highest BCUT2D eigenvalue weighted by molar-refractivity contribution is 6.30. The summed E-state index contributed by atoms with van der Waals surface area (Å²) < 4.78 is 0. The molecule has 74 valence electrons. The van der Waals surface area contributed by atoms with Gasteiger partial charge in [-0.15, -0.1) is 11.6 Å². The van der Waals surface area contributed by atoms with Gasteiger partial charge in [0.15, 0.2) is 5.78 Å². The highest BCUT2D eigenvalue weighted by atomic mass is 35.5. The van der Waals surface area contributed by atoms with E-state index in [2.05, 4.69) is 0 Å². The molecular formula is C9H8ClNO3. The van der Waals surface area contributed by atoms with Crippen LogP contribution in [0.4, 0.5) is 5.69 Å². The van der Waals surface area contributed by atoms with E-state index in [4.69, 9.17) is 11.6 Å². The fraction of sp³-hybridized carbons (Fsp3) is 0.222. The monoisotopic (exact) mass is 213 g/mol. The number of nitro benzene ring substituents is 1. The molecule has 0 aliphatic carbocycles. The molecule has 1 aromatic carbocycles. The van der Waals surface area contributed by atoms with Gasteiger partial charge in [-0.1, -0.05) is 12.1 Å². The van der Waals surface area contributed by atoms with E-state index in [9.17, 15) is 14.9 Å². The van der Waals surface area contributed by atoms with Gasteiger partial charge in [-0.3, -0.25) is 14.9 Å². The Morgan fingerprint density at radius 3 is 2.71 bits per heavy atom. The smallest absolute Gasteiger partial charge is 0.273 e. The van der Waals surface area contributed by atoms with Crippen LogP contribution >= 0.6 is 11.6 Å². The minimum Gasteiger partial charge on any atom is -0.293 e. The molecular weight excluding hydrogens is 206 g/mol. The molecule has 0 radical (unpaired) electrons. The Balaban J connectivity index is 3.19. The number of aryl methyl sites for hydroxylation is 1. The van der Waals surface area contributed by atoms with Crippen molar-refractivity contribution < 1.29 is 9.72 Å². The summed E-state index contributed by atoms with van der Waals surface area (Å²) in [4.78, 5) is 21.2. The number of hydrogen-bond acceptors (Lipinski definition) is 3. The van der Waals surface area contributed by atoms with Crippen molar-refractivity contribution >= 4 is 23.1 Å². The molecule has 0 bridgehead atoms. The number of carbonyl (C=O) groups is 1. The lowest BCUT2D eigenvalue weighted by Crippen LogP contribution is -2.02. The SMILES string of the molecule is Cc1ccc(C(=O)CCl)cc1[N+](=O)[O-]. The van der Waals surface area contributed by atoms with Crippen molar-refractivity contribution in [1.82, 2.24) is 0 Å². The van der Waals surface area contributed by atoms with Gasteiger partial charge in [-0.05, 0) is 6.92 Å². The molecule has 0 aliphatic rings. The van der Waals surface area contributed by atoms with Gasteiger partial charge in [0.05, 0.1) is 10.8 Å². The number of hydrogen-bond donors (Lipinski definition) is 0. The Bertz CT molecular complexity index is 390. The predicted molar refractivity (Wildman–Crippen MR) is 52.9 cm³/mol. The molecule has 14 heavy (non-hydrogen) atoms. The van der Waals surface area contributed by atoms with Crippen LogP contribution < -0.4 is 0 Å². The van der Waals surface area contributed by atoms with Crippen LogP contribution in [0, 0.1) is 17.0 Å². The van der Waals surface area contributed by atoms with Crippen LogP contribution in [0.15, 0.2) is 18.2 Å². The quantitative estimate of drug-likeness (QED) is 0.335. The van der Waals surface area contributed by atoms with Gasteiger partial charge in [0.2, 0.25) is 0 Å². The van der Waals surface area contributed by atoms with E-state index < -0.39 is 4.92 Å². The summed E-state index contributed by atoms with van der Waals surface area (Å²) in [7, 11) is 0. The van der Waals surface area contributed by atoms with Crippen molar-refractivity contribution in [2.75, 3.05) is 5.88 Å². The average Bonchev–Trinajstić information content (AvgIpc) is 2.17. The number of nitrogens with zero attached hydrogens (tertiary/aromatic N) is 1. The minimum atomic E-state index is -0.514. The molecule has 0 aliphatic heterocycles. The van der Waals surface area contributed by atoms with Gasteiger partial charge in [0.1, 0.15) is 0 Å². The number of halogens is 1. The number of alkyl halides is 1. The lowest BCUT2D eigenvalue weighted by Gasteiger charge is -1.99. The van der Waals surface area contributed by atoms with E-state index in [-0.39, 0.29) is 22.9 Å². The Hall–Kier alpha value is -1.42. The number of rotatable bonds is 3. The van der Waals surface area contributed by atoms with Crippen LogP contribution in [0.1, 0.15) is 15.9 Å². The van der Waals surface area contributed by atoms with E-state index in [0.717, 1.165) is 0 Å². The van der Waals surface area contributed by atoms with Crippen molar-refractivity contribution in [1.29, 1.82) is 0 Å². The Morgan fingerprint density at radius 1 is 1.57 bits per heavy atom. The molecule has 0 N–H and O–H groups in total. The van der Waals surface area contributed by atoms with Crippen molar-refractivity contribution in [2.45, 2.75) is 6.92 Å². The van der Waals surface area contributed by atoms with E-state index in [0.29, 0.717) is 5.56 Å². The molecule has 0 amide bonds. The van der Waals surface area contributed by atoms with Crippen LogP contribution in [-0.4, -0.2) is 16.6 Å². The Labute approximate surface area is 85.6 Å². The minimum absolute atomic E-state index is 0.0547. The fourth-order valence-corrected chi connectivity index (χ4v) is 1.21. The van der Waals surface area contributed by atoms with Crippen LogP contribution in [0.3, 0.4) is 0 Å². The fourth-order valence-electron chi connectivity index (χ4n) is 1.06. The van der Waals surface area contributed by atoms with E-state index in [1.807, 2.05) is 0 Å².